The molecule has 0 saturated carbocycles. The summed E-state index contributed by atoms with van der Waals surface area (Å²) in [6.45, 7) is 0. The second kappa shape index (κ2) is 6.39. The van der Waals surface area contributed by atoms with Crippen molar-refractivity contribution >= 4 is 11.6 Å². The van der Waals surface area contributed by atoms with Gasteiger partial charge in [-0.3, -0.25) is 0 Å². The molecule has 0 saturated heterocycles. The molecule has 1 aromatic heterocycles. The van der Waals surface area contributed by atoms with E-state index in [0.29, 0.717) is 21.6 Å². The van der Waals surface area contributed by atoms with Crippen molar-refractivity contribution in [2.24, 2.45) is 0 Å². The standard InChI is InChI=1S/C18H11ClN2O2/c19-18-12-21(22)11-17(16(18)10-20)13-6-8-15(9-7-13)23-14-4-2-1-3-5-14/h1-9,11-12H. The second-order valence-corrected chi connectivity index (χ2v) is 5.21. The Morgan fingerprint density at radius 2 is 1.61 bits per heavy atom. The van der Waals surface area contributed by atoms with Gasteiger partial charge in [-0.05, 0) is 29.8 Å². The minimum Gasteiger partial charge on any atom is -0.619 e. The monoisotopic (exact) mass is 322 g/mol. The van der Waals surface area contributed by atoms with Gasteiger partial charge >= 0.3 is 0 Å². The van der Waals surface area contributed by atoms with E-state index in [1.54, 1.807) is 24.3 Å². The highest BCUT2D eigenvalue weighted by Gasteiger charge is 2.14. The van der Waals surface area contributed by atoms with Gasteiger partial charge in [0, 0.05) is 0 Å². The Morgan fingerprint density at radius 3 is 2.26 bits per heavy atom. The lowest BCUT2D eigenvalue weighted by Crippen LogP contribution is -2.25. The van der Waals surface area contributed by atoms with Crippen molar-refractivity contribution in [3.8, 4) is 28.7 Å². The van der Waals surface area contributed by atoms with Gasteiger partial charge in [-0.2, -0.15) is 9.99 Å². The number of para-hydroxylation sites is 1. The first-order valence-electron chi connectivity index (χ1n) is 6.83. The molecule has 3 aromatic rings. The molecule has 1 heterocycles. The molecule has 5 heteroatoms. The fourth-order valence-corrected chi connectivity index (χ4v) is 2.43. The van der Waals surface area contributed by atoms with Crippen LogP contribution in [0.2, 0.25) is 5.02 Å². The third-order valence-electron chi connectivity index (χ3n) is 3.26. The van der Waals surface area contributed by atoms with Crippen molar-refractivity contribution in [3.05, 3.63) is 82.8 Å². The van der Waals surface area contributed by atoms with Gasteiger partial charge in [0.2, 0.25) is 0 Å². The number of nitriles is 1. The van der Waals surface area contributed by atoms with Gasteiger partial charge in [-0.15, -0.1) is 0 Å². The van der Waals surface area contributed by atoms with E-state index in [1.807, 2.05) is 36.4 Å². The summed E-state index contributed by atoms with van der Waals surface area (Å²) >= 11 is 5.96. The van der Waals surface area contributed by atoms with Crippen molar-refractivity contribution in [2.45, 2.75) is 0 Å². The van der Waals surface area contributed by atoms with Crippen LogP contribution in [0.4, 0.5) is 0 Å². The van der Waals surface area contributed by atoms with E-state index >= 15 is 0 Å². The topological polar surface area (TPSA) is 60.0 Å². The molecule has 0 N–H and O–H groups in total. The van der Waals surface area contributed by atoms with Crippen molar-refractivity contribution < 1.29 is 9.47 Å². The number of hydrogen-bond acceptors (Lipinski definition) is 3. The summed E-state index contributed by atoms with van der Waals surface area (Å²) in [4.78, 5) is 0. The average molecular weight is 323 g/mol. The molecule has 3 rings (SSSR count). The minimum atomic E-state index is 0.129. The van der Waals surface area contributed by atoms with Crippen LogP contribution in [0.25, 0.3) is 11.1 Å². The Kier molecular flexibility index (Phi) is 4.13. The van der Waals surface area contributed by atoms with Gasteiger partial charge in [0.05, 0.1) is 11.1 Å². The number of hydrogen-bond donors (Lipinski definition) is 0. The highest BCUT2D eigenvalue weighted by Crippen LogP contribution is 2.29. The third-order valence-corrected chi connectivity index (χ3v) is 3.55. The van der Waals surface area contributed by atoms with Crippen LogP contribution in [-0.2, 0) is 0 Å². The van der Waals surface area contributed by atoms with Crippen molar-refractivity contribution in [2.75, 3.05) is 0 Å². The normalized spacial score (nSPS) is 10.1. The van der Waals surface area contributed by atoms with E-state index in [9.17, 15) is 10.5 Å². The zero-order valence-electron chi connectivity index (χ0n) is 11.9. The summed E-state index contributed by atoms with van der Waals surface area (Å²) in [5, 5.41) is 20.9. The molecule has 4 nitrogen and oxygen atoms in total. The molecule has 0 radical (unpaired) electrons. The maximum Gasteiger partial charge on any atom is 0.200 e. The van der Waals surface area contributed by atoms with Crippen molar-refractivity contribution in [3.63, 3.8) is 0 Å². The minimum absolute atomic E-state index is 0.129. The smallest absolute Gasteiger partial charge is 0.200 e. The van der Waals surface area contributed by atoms with Crippen LogP contribution in [0, 0.1) is 16.5 Å². The predicted octanol–water partition coefficient (Wildman–Crippen LogP) is 4.30. The largest absolute Gasteiger partial charge is 0.619 e. The number of benzene rings is 2. The molecule has 0 aliphatic carbocycles. The molecule has 0 atom stereocenters. The lowest BCUT2D eigenvalue weighted by Gasteiger charge is -2.08. The van der Waals surface area contributed by atoms with Gasteiger partial charge in [-0.1, -0.05) is 41.9 Å². The number of pyridine rings is 1. The Morgan fingerprint density at radius 1 is 0.957 bits per heavy atom. The van der Waals surface area contributed by atoms with E-state index in [-0.39, 0.29) is 10.6 Å². The third kappa shape index (κ3) is 3.25. The molecule has 23 heavy (non-hydrogen) atoms. The van der Waals surface area contributed by atoms with E-state index in [0.717, 1.165) is 11.9 Å². The van der Waals surface area contributed by atoms with Gasteiger partial charge < -0.3 is 9.94 Å². The zero-order valence-corrected chi connectivity index (χ0v) is 12.7. The van der Waals surface area contributed by atoms with E-state index in [4.69, 9.17) is 16.3 Å². The van der Waals surface area contributed by atoms with Crippen LogP contribution in [0.15, 0.2) is 67.0 Å². The molecule has 0 unspecified atom stereocenters. The van der Waals surface area contributed by atoms with E-state index in [1.165, 1.54) is 6.20 Å². The molecule has 0 aliphatic heterocycles. The van der Waals surface area contributed by atoms with Crippen molar-refractivity contribution in [1.82, 2.24) is 0 Å². The maximum absolute atomic E-state index is 11.6. The number of nitrogens with zero attached hydrogens (tertiary/aromatic N) is 2. The Bertz CT molecular complexity index is 872. The number of halogens is 1. The lowest BCUT2D eigenvalue weighted by atomic mass is 10.0. The SMILES string of the molecule is N#Cc1c(Cl)c[n+]([O-])cc1-c1ccc(Oc2ccccc2)cc1. The summed E-state index contributed by atoms with van der Waals surface area (Å²) in [5.74, 6) is 1.40. The summed E-state index contributed by atoms with van der Waals surface area (Å²) in [6.07, 6.45) is 2.49. The number of rotatable bonds is 3. The highest BCUT2D eigenvalue weighted by molar-refractivity contribution is 6.31. The Labute approximate surface area is 138 Å². The molecule has 0 spiro atoms. The molecule has 112 valence electrons. The van der Waals surface area contributed by atoms with Crippen LogP contribution in [0.1, 0.15) is 5.56 Å². The first-order chi connectivity index (χ1) is 11.2. The first kappa shape index (κ1) is 14.9. The second-order valence-electron chi connectivity index (χ2n) is 4.81. The van der Waals surface area contributed by atoms with Gasteiger partial charge in [0.15, 0.2) is 12.4 Å². The summed E-state index contributed by atoms with van der Waals surface area (Å²) in [7, 11) is 0. The summed E-state index contributed by atoms with van der Waals surface area (Å²) < 4.78 is 6.31. The lowest BCUT2D eigenvalue weighted by molar-refractivity contribution is -0.604. The van der Waals surface area contributed by atoms with Crippen LogP contribution >= 0.6 is 11.6 Å². The molecular weight excluding hydrogens is 312 g/mol. The number of aromatic nitrogens is 1. The molecular formula is C18H11ClN2O2. The van der Waals surface area contributed by atoms with Crippen LogP contribution < -0.4 is 9.47 Å². The van der Waals surface area contributed by atoms with Crippen LogP contribution in [0.3, 0.4) is 0 Å². The Hall–Kier alpha value is -3.03. The quantitative estimate of drug-likeness (QED) is 0.533. The Balaban J connectivity index is 1.93. The molecule has 2 aromatic carbocycles. The molecule has 0 fully saturated rings. The van der Waals surface area contributed by atoms with E-state index in [2.05, 4.69) is 0 Å². The van der Waals surface area contributed by atoms with Crippen molar-refractivity contribution in [1.29, 1.82) is 5.26 Å². The van der Waals surface area contributed by atoms with Gasteiger partial charge in [0.1, 0.15) is 22.6 Å². The van der Waals surface area contributed by atoms with Crippen LogP contribution in [0.5, 0.6) is 11.5 Å². The first-order valence-corrected chi connectivity index (χ1v) is 7.21. The average Bonchev–Trinajstić information content (AvgIpc) is 2.56. The number of ether oxygens (including phenoxy) is 1. The molecule has 0 bridgehead atoms. The van der Waals surface area contributed by atoms with E-state index < -0.39 is 0 Å². The van der Waals surface area contributed by atoms with Gasteiger partial charge in [0.25, 0.3) is 0 Å². The summed E-state index contributed by atoms with van der Waals surface area (Å²) in [5.41, 5.74) is 1.48. The predicted molar refractivity (Wildman–Crippen MR) is 87.1 cm³/mol. The molecule has 0 aliphatic rings. The fraction of sp³-hybridized carbons (Fsp3) is 0. The maximum atomic E-state index is 11.6. The van der Waals surface area contributed by atoms with Crippen LogP contribution in [-0.4, -0.2) is 0 Å². The molecule has 0 amide bonds. The van der Waals surface area contributed by atoms with Gasteiger partial charge in [-0.25, -0.2) is 0 Å². The zero-order chi connectivity index (χ0) is 16.2. The fourth-order valence-electron chi connectivity index (χ4n) is 2.19. The highest BCUT2D eigenvalue weighted by atomic mass is 35.5. The summed E-state index contributed by atoms with van der Waals surface area (Å²) in [6, 6.07) is 18.6.